The van der Waals surface area contributed by atoms with Gasteiger partial charge in [0, 0.05) is 6.20 Å². The lowest BCUT2D eigenvalue weighted by Crippen LogP contribution is -2.19. The molecule has 1 aliphatic heterocycles. The van der Waals surface area contributed by atoms with Gasteiger partial charge < -0.3 is 10.9 Å². The van der Waals surface area contributed by atoms with Crippen LogP contribution in [0.1, 0.15) is 24.1 Å². The second-order valence-corrected chi connectivity index (χ2v) is 6.77. The van der Waals surface area contributed by atoms with Crippen molar-refractivity contribution in [2.45, 2.75) is 24.5 Å². The molecular formula is C11H15N3O3S. The van der Waals surface area contributed by atoms with E-state index in [1.807, 2.05) is 0 Å². The molecule has 98 valence electrons. The van der Waals surface area contributed by atoms with E-state index < -0.39 is 9.84 Å². The Bertz CT molecular complexity index is 551. The van der Waals surface area contributed by atoms with Crippen LogP contribution in [0.2, 0.25) is 0 Å². The molecule has 0 aliphatic carbocycles. The molecule has 0 aromatic carbocycles. The first-order valence-corrected chi connectivity index (χ1v) is 7.39. The van der Waals surface area contributed by atoms with Crippen molar-refractivity contribution in [2.75, 3.05) is 5.75 Å². The number of nitrogens with two attached hydrogens (primary N) is 1. The van der Waals surface area contributed by atoms with Gasteiger partial charge in [0.25, 0.3) is 0 Å². The predicted octanol–water partition coefficient (Wildman–Crippen LogP) is 0.296. The monoisotopic (exact) mass is 269 g/mol. The van der Waals surface area contributed by atoms with Crippen molar-refractivity contribution >= 4 is 15.7 Å². The highest BCUT2D eigenvalue weighted by Crippen LogP contribution is 2.23. The molecule has 6 nitrogen and oxygen atoms in total. The lowest BCUT2D eigenvalue weighted by atomic mass is 10.1. The van der Waals surface area contributed by atoms with Crippen molar-refractivity contribution in [1.82, 2.24) is 4.98 Å². The molecule has 3 N–H and O–H groups in total. The molecule has 1 unspecified atom stereocenters. The van der Waals surface area contributed by atoms with Gasteiger partial charge in [-0.15, -0.1) is 0 Å². The van der Waals surface area contributed by atoms with Crippen LogP contribution in [-0.4, -0.2) is 35.4 Å². The number of hydrogen-bond acceptors (Lipinski definition) is 5. The molecule has 7 heteroatoms. The number of hydrogen-bond donors (Lipinski definition) is 2. The van der Waals surface area contributed by atoms with Gasteiger partial charge in [-0.05, 0) is 30.9 Å². The first-order valence-electron chi connectivity index (χ1n) is 5.67. The molecule has 0 spiro atoms. The fourth-order valence-corrected chi connectivity index (χ4v) is 3.97. The minimum Gasteiger partial charge on any atom is -0.409 e. The van der Waals surface area contributed by atoms with Gasteiger partial charge in [0.1, 0.15) is 5.69 Å². The quantitative estimate of drug-likeness (QED) is 0.355. The third-order valence-corrected chi connectivity index (χ3v) is 5.40. The van der Waals surface area contributed by atoms with Crippen LogP contribution >= 0.6 is 0 Å². The lowest BCUT2D eigenvalue weighted by molar-refractivity contribution is 0.318. The van der Waals surface area contributed by atoms with E-state index >= 15 is 0 Å². The third kappa shape index (κ3) is 2.61. The molecule has 1 fully saturated rings. The van der Waals surface area contributed by atoms with E-state index in [9.17, 15) is 8.42 Å². The molecule has 0 radical (unpaired) electrons. The first kappa shape index (κ1) is 12.8. The molecule has 0 amide bonds. The average molecular weight is 269 g/mol. The summed E-state index contributed by atoms with van der Waals surface area (Å²) in [6, 6.07) is 3.38. The smallest absolute Gasteiger partial charge is 0.188 e. The Balaban J connectivity index is 2.12. The summed E-state index contributed by atoms with van der Waals surface area (Å²) >= 11 is 0. The Labute approximate surface area is 105 Å². The van der Waals surface area contributed by atoms with E-state index in [1.165, 1.54) is 0 Å². The summed E-state index contributed by atoms with van der Waals surface area (Å²) in [5, 5.41) is 11.1. The number of nitrogens with zero attached hydrogens (tertiary/aromatic N) is 2. The molecule has 1 saturated heterocycles. The maximum absolute atomic E-state index is 11.7. The standard InChI is InChI=1S/C11H15N3O3S/c12-11(14-15)10-4-3-8(7-13-10)6-9-2-1-5-18(9,16)17/h3-4,7,9,15H,1-2,5-6H2,(H2,12,14). The normalized spacial score (nSPS) is 23.1. The van der Waals surface area contributed by atoms with E-state index in [1.54, 1.807) is 18.3 Å². The van der Waals surface area contributed by atoms with Crippen LogP contribution in [0.4, 0.5) is 0 Å². The number of oxime groups is 1. The summed E-state index contributed by atoms with van der Waals surface area (Å²) in [5.41, 5.74) is 6.61. The van der Waals surface area contributed by atoms with E-state index in [0.717, 1.165) is 12.0 Å². The van der Waals surface area contributed by atoms with Crippen LogP contribution in [0.25, 0.3) is 0 Å². The summed E-state index contributed by atoms with van der Waals surface area (Å²) in [4.78, 5) is 4.03. The second-order valence-electron chi connectivity index (χ2n) is 4.37. The van der Waals surface area contributed by atoms with Gasteiger partial charge in [-0.3, -0.25) is 4.98 Å². The van der Waals surface area contributed by atoms with Crippen LogP contribution in [-0.2, 0) is 16.3 Å². The van der Waals surface area contributed by atoms with Crippen molar-refractivity contribution in [3.63, 3.8) is 0 Å². The second kappa shape index (κ2) is 4.93. The van der Waals surface area contributed by atoms with Gasteiger partial charge in [0.2, 0.25) is 0 Å². The maximum atomic E-state index is 11.7. The zero-order chi connectivity index (χ0) is 13.2. The summed E-state index contributed by atoms with van der Waals surface area (Å²) in [7, 11) is -2.93. The fraction of sp³-hybridized carbons (Fsp3) is 0.455. The Morgan fingerprint density at radius 2 is 2.33 bits per heavy atom. The zero-order valence-electron chi connectivity index (χ0n) is 9.78. The van der Waals surface area contributed by atoms with Crippen LogP contribution in [0.3, 0.4) is 0 Å². The maximum Gasteiger partial charge on any atom is 0.188 e. The predicted molar refractivity (Wildman–Crippen MR) is 67.3 cm³/mol. The summed E-state index contributed by atoms with van der Waals surface area (Å²) in [6.07, 6.45) is 3.50. The van der Waals surface area contributed by atoms with Crippen LogP contribution < -0.4 is 5.73 Å². The highest BCUT2D eigenvalue weighted by molar-refractivity contribution is 7.92. The molecule has 18 heavy (non-hydrogen) atoms. The molecule has 1 aromatic rings. The number of aromatic nitrogens is 1. The molecular weight excluding hydrogens is 254 g/mol. The van der Waals surface area contributed by atoms with E-state index in [2.05, 4.69) is 10.1 Å². The van der Waals surface area contributed by atoms with Crippen molar-refractivity contribution in [3.05, 3.63) is 29.6 Å². The van der Waals surface area contributed by atoms with Gasteiger partial charge in [0.05, 0.1) is 11.0 Å². The van der Waals surface area contributed by atoms with Crippen LogP contribution in [0.15, 0.2) is 23.5 Å². The Morgan fingerprint density at radius 1 is 1.56 bits per heavy atom. The third-order valence-electron chi connectivity index (χ3n) is 3.12. The van der Waals surface area contributed by atoms with Gasteiger partial charge in [-0.25, -0.2) is 8.42 Å². The summed E-state index contributed by atoms with van der Waals surface area (Å²) < 4.78 is 23.4. The topological polar surface area (TPSA) is 106 Å². The molecule has 2 heterocycles. The van der Waals surface area contributed by atoms with Gasteiger partial charge >= 0.3 is 0 Å². The largest absolute Gasteiger partial charge is 0.409 e. The van der Waals surface area contributed by atoms with Crippen LogP contribution in [0, 0.1) is 0 Å². The first-order chi connectivity index (χ1) is 8.53. The van der Waals surface area contributed by atoms with Gasteiger partial charge in [-0.1, -0.05) is 11.2 Å². The minimum absolute atomic E-state index is 0.0602. The van der Waals surface area contributed by atoms with E-state index in [-0.39, 0.29) is 16.8 Å². The molecule has 1 atom stereocenters. The summed E-state index contributed by atoms with van der Waals surface area (Å²) in [5.74, 6) is 0.225. The zero-order valence-corrected chi connectivity index (χ0v) is 10.6. The number of sulfone groups is 1. The van der Waals surface area contributed by atoms with E-state index in [0.29, 0.717) is 18.5 Å². The van der Waals surface area contributed by atoms with Crippen molar-refractivity contribution in [2.24, 2.45) is 10.9 Å². The van der Waals surface area contributed by atoms with Gasteiger partial charge in [0.15, 0.2) is 15.7 Å². The van der Waals surface area contributed by atoms with Crippen molar-refractivity contribution in [3.8, 4) is 0 Å². The number of rotatable bonds is 3. The Morgan fingerprint density at radius 3 is 2.83 bits per heavy atom. The molecule has 1 aromatic heterocycles. The molecule has 0 bridgehead atoms. The fourth-order valence-electron chi connectivity index (χ4n) is 2.10. The summed E-state index contributed by atoms with van der Waals surface area (Å²) in [6.45, 7) is 0. The highest BCUT2D eigenvalue weighted by Gasteiger charge is 2.31. The van der Waals surface area contributed by atoms with E-state index in [4.69, 9.17) is 10.9 Å². The Kier molecular flexibility index (Phi) is 3.51. The average Bonchev–Trinajstić information content (AvgIpc) is 2.69. The number of pyridine rings is 1. The Hall–Kier alpha value is -1.63. The van der Waals surface area contributed by atoms with Gasteiger partial charge in [-0.2, -0.15) is 0 Å². The van der Waals surface area contributed by atoms with Crippen molar-refractivity contribution in [1.29, 1.82) is 0 Å². The SMILES string of the molecule is NC(=NO)c1ccc(CC2CCCS2(=O)=O)cn1. The lowest BCUT2D eigenvalue weighted by Gasteiger charge is -2.09. The van der Waals surface area contributed by atoms with Crippen LogP contribution in [0.5, 0.6) is 0 Å². The number of amidine groups is 1. The molecule has 1 aliphatic rings. The van der Waals surface area contributed by atoms with Crippen molar-refractivity contribution < 1.29 is 13.6 Å². The highest BCUT2D eigenvalue weighted by atomic mass is 32.2. The molecule has 2 rings (SSSR count). The molecule has 0 saturated carbocycles. The minimum atomic E-state index is -2.93.